The fourth-order valence-electron chi connectivity index (χ4n) is 9.26. The Morgan fingerprint density at radius 1 is 0.373 bits per heavy atom. The molecule has 12 rings (SSSR count). The standard InChI is InChI=1S/C55H36N4/c1-3-15-41(16-4-1)58-51(39-25-27-47-45-18-6-2-5-17-43(45)44-19-9-10-20-46(44)50(47)32-39)29-30-53(58)55-56-34-40(35-57-55)38-24-28-49-48-21-11-12-22-52(48)59(54(49)33-38)42-26-23-36-13-7-8-14-37(36)31-42/h1,3-35H,2H2. The van der Waals surface area contributed by atoms with E-state index in [2.05, 4.69) is 203 Å². The molecule has 0 bridgehead atoms. The third kappa shape index (κ3) is 5.38. The largest absolute Gasteiger partial charge is 0.309 e. The summed E-state index contributed by atoms with van der Waals surface area (Å²) in [6, 6.07) is 61.2. The normalized spacial score (nSPS) is 12.5. The van der Waals surface area contributed by atoms with Crippen molar-refractivity contribution >= 4 is 66.3 Å². The summed E-state index contributed by atoms with van der Waals surface area (Å²) >= 11 is 0. The molecule has 59 heavy (non-hydrogen) atoms. The van der Waals surface area contributed by atoms with Crippen LogP contribution in [0.5, 0.6) is 0 Å². The van der Waals surface area contributed by atoms with Gasteiger partial charge in [0, 0.05) is 40.1 Å². The Morgan fingerprint density at radius 2 is 1.02 bits per heavy atom. The number of fused-ring (bicyclic) bond motifs is 10. The number of hydrogen-bond donors (Lipinski definition) is 0. The van der Waals surface area contributed by atoms with E-state index in [1.54, 1.807) is 0 Å². The molecule has 0 amide bonds. The van der Waals surface area contributed by atoms with Crippen molar-refractivity contribution in [1.29, 1.82) is 0 Å². The second kappa shape index (κ2) is 13.4. The third-order valence-electron chi connectivity index (χ3n) is 12.0. The minimum absolute atomic E-state index is 0.670. The molecule has 1 aliphatic carbocycles. The minimum Gasteiger partial charge on any atom is -0.309 e. The molecule has 0 atom stereocenters. The molecule has 0 spiro atoms. The molecule has 4 heteroatoms. The molecule has 0 fully saturated rings. The lowest BCUT2D eigenvalue weighted by Crippen LogP contribution is -2.02. The number of hydrogen-bond acceptors (Lipinski definition) is 2. The monoisotopic (exact) mass is 752 g/mol. The predicted molar refractivity (Wildman–Crippen MR) is 247 cm³/mol. The summed E-state index contributed by atoms with van der Waals surface area (Å²) in [4.78, 5) is 10.1. The Hall–Kier alpha value is -7.82. The van der Waals surface area contributed by atoms with E-state index in [9.17, 15) is 0 Å². The quantitative estimate of drug-likeness (QED) is 0.164. The van der Waals surface area contributed by atoms with Gasteiger partial charge in [-0.05, 0) is 116 Å². The number of benzene rings is 8. The van der Waals surface area contributed by atoms with Gasteiger partial charge < -0.3 is 9.13 Å². The summed E-state index contributed by atoms with van der Waals surface area (Å²) in [6.07, 6.45) is 13.9. The van der Waals surface area contributed by atoms with Crippen molar-refractivity contribution in [3.8, 4) is 45.3 Å². The van der Waals surface area contributed by atoms with E-state index in [0.29, 0.717) is 5.82 Å². The van der Waals surface area contributed by atoms with Gasteiger partial charge in [0.05, 0.1) is 22.4 Å². The molecule has 0 aliphatic heterocycles. The molecule has 0 saturated carbocycles. The minimum atomic E-state index is 0.670. The predicted octanol–water partition coefficient (Wildman–Crippen LogP) is 14.3. The highest BCUT2D eigenvalue weighted by Crippen LogP contribution is 2.40. The summed E-state index contributed by atoms with van der Waals surface area (Å²) in [5, 5.41) is 9.94. The van der Waals surface area contributed by atoms with Gasteiger partial charge in [-0.15, -0.1) is 0 Å². The van der Waals surface area contributed by atoms with Crippen molar-refractivity contribution in [2.45, 2.75) is 6.42 Å². The smallest absolute Gasteiger partial charge is 0.176 e. The van der Waals surface area contributed by atoms with Crippen LogP contribution in [0.3, 0.4) is 0 Å². The van der Waals surface area contributed by atoms with Gasteiger partial charge in [0.25, 0.3) is 0 Å². The highest BCUT2D eigenvalue weighted by atomic mass is 15.0. The first kappa shape index (κ1) is 33.3. The lowest BCUT2D eigenvalue weighted by Gasteiger charge is -2.16. The van der Waals surface area contributed by atoms with E-state index < -0.39 is 0 Å². The van der Waals surface area contributed by atoms with E-state index >= 15 is 0 Å². The van der Waals surface area contributed by atoms with Crippen LogP contribution in [0.25, 0.3) is 112 Å². The first-order chi connectivity index (χ1) is 29.3. The lowest BCUT2D eigenvalue weighted by atomic mass is 9.90. The Morgan fingerprint density at radius 3 is 1.85 bits per heavy atom. The average molecular weight is 753 g/mol. The second-order valence-corrected chi connectivity index (χ2v) is 15.4. The van der Waals surface area contributed by atoms with Crippen LogP contribution in [0.15, 0.2) is 194 Å². The van der Waals surface area contributed by atoms with E-state index in [1.165, 1.54) is 59.7 Å². The number of nitrogens with zero attached hydrogens (tertiary/aromatic N) is 4. The molecular formula is C55H36N4. The molecule has 3 heterocycles. The summed E-state index contributed by atoms with van der Waals surface area (Å²) < 4.78 is 4.67. The number of allylic oxidation sites excluding steroid dienone is 2. The molecule has 4 nitrogen and oxygen atoms in total. The molecule has 0 radical (unpaired) electrons. The lowest BCUT2D eigenvalue weighted by molar-refractivity contribution is 1.05. The van der Waals surface area contributed by atoms with Crippen molar-refractivity contribution in [1.82, 2.24) is 19.1 Å². The summed E-state index contributed by atoms with van der Waals surface area (Å²) in [5.41, 5.74) is 12.3. The maximum Gasteiger partial charge on any atom is 0.176 e. The Bertz CT molecular complexity index is 3510. The summed E-state index contributed by atoms with van der Waals surface area (Å²) in [5.74, 6) is 0.670. The molecule has 276 valence electrons. The summed E-state index contributed by atoms with van der Waals surface area (Å²) in [6.45, 7) is 0. The average Bonchev–Trinajstić information content (AvgIpc) is 3.79. The zero-order valence-corrected chi connectivity index (χ0v) is 32.1. The fraction of sp³-hybridized carbons (Fsp3) is 0.0182. The maximum atomic E-state index is 5.05. The van der Waals surface area contributed by atoms with Crippen molar-refractivity contribution in [3.63, 3.8) is 0 Å². The molecule has 11 aromatic rings. The summed E-state index contributed by atoms with van der Waals surface area (Å²) in [7, 11) is 0. The van der Waals surface area contributed by atoms with E-state index in [0.717, 1.165) is 51.4 Å². The van der Waals surface area contributed by atoms with Crippen molar-refractivity contribution < 1.29 is 0 Å². The van der Waals surface area contributed by atoms with Gasteiger partial charge in [0.15, 0.2) is 5.82 Å². The van der Waals surface area contributed by atoms with Crippen LogP contribution in [0.2, 0.25) is 0 Å². The molecule has 0 N–H and O–H groups in total. The Balaban J connectivity index is 0.973. The van der Waals surface area contributed by atoms with E-state index in [4.69, 9.17) is 9.97 Å². The first-order valence-electron chi connectivity index (χ1n) is 20.2. The van der Waals surface area contributed by atoms with Gasteiger partial charge in [-0.2, -0.15) is 0 Å². The fourth-order valence-corrected chi connectivity index (χ4v) is 9.26. The van der Waals surface area contributed by atoms with Crippen LogP contribution in [0.4, 0.5) is 0 Å². The van der Waals surface area contributed by atoms with Gasteiger partial charge in [0.1, 0.15) is 0 Å². The molecule has 1 aliphatic rings. The zero-order chi connectivity index (χ0) is 38.9. The van der Waals surface area contributed by atoms with Crippen LogP contribution >= 0.6 is 0 Å². The van der Waals surface area contributed by atoms with Crippen LogP contribution in [-0.4, -0.2) is 19.1 Å². The molecule has 0 saturated heterocycles. The second-order valence-electron chi connectivity index (χ2n) is 15.4. The van der Waals surface area contributed by atoms with E-state index in [-0.39, 0.29) is 0 Å². The van der Waals surface area contributed by atoms with Gasteiger partial charge in [-0.1, -0.05) is 140 Å². The zero-order valence-electron chi connectivity index (χ0n) is 32.1. The van der Waals surface area contributed by atoms with Crippen molar-refractivity contribution in [3.05, 3.63) is 206 Å². The number of para-hydroxylation sites is 2. The topological polar surface area (TPSA) is 35.6 Å². The maximum absolute atomic E-state index is 5.05. The van der Waals surface area contributed by atoms with Crippen LogP contribution in [0.1, 0.15) is 17.5 Å². The highest BCUT2D eigenvalue weighted by molar-refractivity contribution is 6.16. The molecule has 0 unspecified atom stereocenters. The van der Waals surface area contributed by atoms with Crippen LogP contribution < -0.4 is 0 Å². The number of rotatable bonds is 5. The van der Waals surface area contributed by atoms with E-state index in [1.807, 2.05) is 12.4 Å². The Kier molecular flexibility index (Phi) is 7.57. The van der Waals surface area contributed by atoms with Crippen molar-refractivity contribution in [2.75, 3.05) is 0 Å². The molecule has 3 aromatic heterocycles. The first-order valence-corrected chi connectivity index (χ1v) is 20.2. The molecular weight excluding hydrogens is 717 g/mol. The van der Waals surface area contributed by atoms with Gasteiger partial charge >= 0.3 is 0 Å². The number of aromatic nitrogens is 4. The highest BCUT2D eigenvalue weighted by Gasteiger charge is 2.19. The Labute approximate surface area is 341 Å². The molecule has 8 aromatic carbocycles. The van der Waals surface area contributed by atoms with Gasteiger partial charge in [0.2, 0.25) is 0 Å². The van der Waals surface area contributed by atoms with Gasteiger partial charge in [-0.25, -0.2) is 9.97 Å². The van der Waals surface area contributed by atoms with Crippen LogP contribution in [-0.2, 0) is 0 Å². The SMILES string of the molecule is C1=Cc2c(c3ccc(-c4ccc(-c5ncc(-c6ccc7c8ccccc8n(-c8ccc9ccccc9c8)c7c6)cn5)n4-c4ccccc4)cc3c3ccccc23)C=CC1. The van der Waals surface area contributed by atoms with Crippen molar-refractivity contribution in [2.24, 2.45) is 0 Å². The third-order valence-corrected chi connectivity index (χ3v) is 12.0. The van der Waals surface area contributed by atoms with Gasteiger partial charge in [-0.3, -0.25) is 0 Å². The van der Waals surface area contributed by atoms with Crippen LogP contribution in [0, 0.1) is 0 Å².